The molecule has 6 heteroatoms. The smallest absolute Gasteiger partial charge is 0.261 e. The van der Waals surface area contributed by atoms with E-state index in [-0.39, 0.29) is 17.6 Å². The number of hydrogen-bond donors (Lipinski definition) is 1. The molecule has 3 aromatic rings. The van der Waals surface area contributed by atoms with Gasteiger partial charge in [-0.05, 0) is 48.5 Å². The van der Waals surface area contributed by atoms with Crippen LogP contribution in [0.4, 0.5) is 5.69 Å². The van der Waals surface area contributed by atoms with Crippen LogP contribution in [0.5, 0.6) is 5.75 Å². The van der Waals surface area contributed by atoms with E-state index in [4.69, 9.17) is 4.42 Å². The van der Waals surface area contributed by atoms with Crippen LogP contribution in [0.25, 0.3) is 11.3 Å². The van der Waals surface area contributed by atoms with Crippen LogP contribution in [-0.4, -0.2) is 35.1 Å². The van der Waals surface area contributed by atoms with E-state index in [1.54, 1.807) is 60.8 Å². The van der Waals surface area contributed by atoms with Crippen molar-refractivity contribution < 1.29 is 19.1 Å². The molecule has 1 aliphatic rings. The van der Waals surface area contributed by atoms with Crippen molar-refractivity contribution in [1.82, 2.24) is 4.90 Å². The van der Waals surface area contributed by atoms with Gasteiger partial charge in [0, 0.05) is 12.6 Å². The Morgan fingerprint density at radius 3 is 2.46 bits per heavy atom. The zero-order chi connectivity index (χ0) is 18.3. The zero-order valence-corrected chi connectivity index (χ0v) is 13.8. The molecular weight excluding hydrogens is 332 g/mol. The number of phenolic OH excluding ortho intramolecular Hbond substituents is 1. The minimum atomic E-state index is -0.312. The summed E-state index contributed by atoms with van der Waals surface area (Å²) in [6.45, 7) is 0. The number of nitrogens with zero attached hydrogens (tertiary/aromatic N) is 2. The second-order valence-electron chi connectivity index (χ2n) is 5.91. The molecule has 0 radical (unpaired) electrons. The second-order valence-corrected chi connectivity index (χ2v) is 5.91. The number of carbonyl (C=O) groups excluding carboxylic acids is 2. The van der Waals surface area contributed by atoms with E-state index in [1.807, 2.05) is 0 Å². The Morgan fingerprint density at radius 2 is 1.69 bits per heavy atom. The van der Waals surface area contributed by atoms with Crippen LogP contribution in [-0.2, 0) is 0 Å². The number of benzene rings is 2. The Bertz CT molecular complexity index is 1050. The minimum Gasteiger partial charge on any atom is -0.508 e. The Kier molecular flexibility index (Phi) is 3.65. The van der Waals surface area contributed by atoms with Gasteiger partial charge in [0.2, 0.25) is 0 Å². The van der Waals surface area contributed by atoms with Crippen LogP contribution < -0.4 is 0 Å². The molecule has 1 aliphatic heterocycles. The monoisotopic (exact) mass is 346 g/mol. The summed E-state index contributed by atoms with van der Waals surface area (Å²) in [4.78, 5) is 29.4. The lowest BCUT2D eigenvalue weighted by molar-refractivity contribution is 0.0693. The Hall–Kier alpha value is -3.67. The number of fused-ring (bicyclic) bond motifs is 1. The maximum absolute atomic E-state index is 12.1. The van der Waals surface area contributed by atoms with E-state index in [0.29, 0.717) is 33.9 Å². The summed E-state index contributed by atoms with van der Waals surface area (Å²) in [5, 5.41) is 9.27. The van der Waals surface area contributed by atoms with Crippen LogP contribution in [0.2, 0.25) is 0 Å². The van der Waals surface area contributed by atoms with Crippen LogP contribution in [0.1, 0.15) is 26.5 Å². The van der Waals surface area contributed by atoms with E-state index in [0.717, 1.165) is 4.90 Å². The van der Waals surface area contributed by atoms with Crippen molar-refractivity contribution in [3.8, 4) is 17.1 Å². The number of imide groups is 1. The van der Waals surface area contributed by atoms with Gasteiger partial charge in [-0.2, -0.15) is 0 Å². The molecule has 0 aliphatic carbocycles. The van der Waals surface area contributed by atoms with Crippen molar-refractivity contribution in [3.63, 3.8) is 0 Å². The average molecular weight is 346 g/mol. The molecule has 6 nitrogen and oxygen atoms in total. The topological polar surface area (TPSA) is 83.1 Å². The summed E-state index contributed by atoms with van der Waals surface area (Å²) < 4.78 is 5.76. The average Bonchev–Trinajstić information content (AvgIpc) is 3.21. The number of carbonyl (C=O) groups is 2. The van der Waals surface area contributed by atoms with Gasteiger partial charge in [-0.15, -0.1) is 0 Å². The first kappa shape index (κ1) is 15.8. The van der Waals surface area contributed by atoms with Gasteiger partial charge in [-0.1, -0.05) is 6.07 Å². The lowest BCUT2D eigenvalue weighted by Crippen LogP contribution is -2.24. The predicted molar refractivity (Wildman–Crippen MR) is 95.9 cm³/mol. The van der Waals surface area contributed by atoms with Crippen LogP contribution >= 0.6 is 0 Å². The summed E-state index contributed by atoms with van der Waals surface area (Å²) in [5.74, 6) is 0.701. The first-order chi connectivity index (χ1) is 12.5. The highest BCUT2D eigenvalue weighted by molar-refractivity contribution is 6.21. The third kappa shape index (κ3) is 2.67. The molecule has 2 heterocycles. The highest BCUT2D eigenvalue weighted by Crippen LogP contribution is 2.29. The number of aromatic hydroxyl groups is 1. The van der Waals surface area contributed by atoms with Crippen molar-refractivity contribution in [2.75, 3.05) is 7.05 Å². The molecule has 0 unspecified atom stereocenters. The third-order valence-corrected chi connectivity index (χ3v) is 4.19. The van der Waals surface area contributed by atoms with Crippen molar-refractivity contribution in [1.29, 1.82) is 0 Å². The standard InChI is InChI=1S/C20H14N2O4/c1-22-19(24)16-8-2-12(10-17(16)20(22)25)18-9-7-15(26-18)11-21-13-3-5-14(23)6-4-13/h2-11,23H,1H3. The molecule has 0 spiro atoms. The first-order valence-electron chi connectivity index (χ1n) is 7.93. The number of rotatable bonds is 3. The molecule has 128 valence electrons. The van der Waals surface area contributed by atoms with E-state index < -0.39 is 0 Å². The number of aliphatic imine (C=N–C) groups is 1. The molecule has 0 atom stereocenters. The highest BCUT2D eigenvalue weighted by Gasteiger charge is 2.32. The molecule has 26 heavy (non-hydrogen) atoms. The predicted octanol–water partition coefficient (Wildman–Crippen LogP) is 3.63. The molecule has 0 saturated heterocycles. The molecule has 1 aromatic heterocycles. The largest absolute Gasteiger partial charge is 0.508 e. The molecule has 1 N–H and O–H groups in total. The van der Waals surface area contributed by atoms with Crippen LogP contribution in [0, 0.1) is 0 Å². The van der Waals surface area contributed by atoms with Crippen molar-refractivity contribution in [3.05, 3.63) is 71.5 Å². The summed E-state index contributed by atoms with van der Waals surface area (Å²) in [7, 11) is 1.47. The number of hydrogen-bond acceptors (Lipinski definition) is 5. The van der Waals surface area contributed by atoms with Gasteiger partial charge in [0.1, 0.15) is 17.3 Å². The van der Waals surface area contributed by atoms with E-state index in [2.05, 4.69) is 4.99 Å². The van der Waals surface area contributed by atoms with Crippen molar-refractivity contribution in [2.24, 2.45) is 4.99 Å². The molecule has 2 aromatic carbocycles. The van der Waals surface area contributed by atoms with Crippen LogP contribution in [0.3, 0.4) is 0 Å². The fourth-order valence-electron chi connectivity index (χ4n) is 2.77. The second kappa shape index (κ2) is 6.00. The molecular formula is C20H14N2O4. The SMILES string of the molecule is CN1C(=O)c2ccc(-c3ccc(C=Nc4ccc(O)cc4)o3)cc2C1=O. The first-order valence-corrected chi connectivity index (χ1v) is 7.93. The Labute approximate surface area is 149 Å². The Balaban J connectivity index is 1.60. The lowest BCUT2D eigenvalue weighted by atomic mass is 10.0. The van der Waals surface area contributed by atoms with E-state index >= 15 is 0 Å². The fraction of sp³-hybridized carbons (Fsp3) is 0.0500. The zero-order valence-electron chi connectivity index (χ0n) is 13.8. The fourth-order valence-corrected chi connectivity index (χ4v) is 2.77. The molecule has 0 fully saturated rings. The summed E-state index contributed by atoms with van der Waals surface area (Å²) >= 11 is 0. The van der Waals surface area contributed by atoms with Crippen molar-refractivity contribution in [2.45, 2.75) is 0 Å². The number of amides is 2. The summed E-state index contributed by atoms with van der Waals surface area (Å²) in [6, 6.07) is 15.1. The normalized spacial score (nSPS) is 13.7. The van der Waals surface area contributed by atoms with Crippen molar-refractivity contribution >= 4 is 23.7 Å². The maximum Gasteiger partial charge on any atom is 0.261 e. The molecule has 2 amide bonds. The van der Waals surface area contributed by atoms with Gasteiger partial charge >= 0.3 is 0 Å². The van der Waals surface area contributed by atoms with Gasteiger partial charge in [0.05, 0.1) is 23.0 Å². The van der Waals surface area contributed by atoms with E-state index in [1.165, 1.54) is 7.05 Å². The third-order valence-electron chi connectivity index (χ3n) is 4.19. The molecule has 0 bridgehead atoms. The van der Waals surface area contributed by atoms with Gasteiger partial charge in [0.25, 0.3) is 11.8 Å². The molecule has 4 rings (SSSR count). The van der Waals surface area contributed by atoms with Crippen LogP contribution in [0.15, 0.2) is 64.0 Å². The Morgan fingerprint density at radius 1 is 0.962 bits per heavy atom. The van der Waals surface area contributed by atoms with E-state index in [9.17, 15) is 14.7 Å². The minimum absolute atomic E-state index is 0.180. The molecule has 0 saturated carbocycles. The summed E-state index contributed by atoms with van der Waals surface area (Å²) in [5.41, 5.74) is 2.18. The number of furan rings is 1. The van der Waals surface area contributed by atoms with Gasteiger partial charge in [0.15, 0.2) is 0 Å². The van der Waals surface area contributed by atoms with Gasteiger partial charge in [-0.3, -0.25) is 19.5 Å². The lowest BCUT2D eigenvalue weighted by Gasteiger charge is -2.02. The highest BCUT2D eigenvalue weighted by atomic mass is 16.3. The van der Waals surface area contributed by atoms with Gasteiger partial charge < -0.3 is 9.52 Å². The van der Waals surface area contributed by atoms with Gasteiger partial charge in [-0.25, -0.2) is 0 Å². The summed E-state index contributed by atoms with van der Waals surface area (Å²) in [6.07, 6.45) is 1.58. The maximum atomic E-state index is 12.1. The quantitative estimate of drug-likeness (QED) is 0.580. The number of phenols is 1.